The number of rotatable bonds is 6. The molecular weight excluding hydrogens is 562 g/mol. The van der Waals surface area contributed by atoms with E-state index in [1.54, 1.807) is 42.6 Å². The molecule has 3 heterocycles. The van der Waals surface area contributed by atoms with Crippen LogP contribution in [0.15, 0.2) is 88.9 Å². The molecule has 1 saturated heterocycles. The standard InChI is InChI=1S/C30H30ClN5O4S/c1-21-17-22-7-2-3-8-23(22)18-27(21)40-29-26(20-33-36(30(29)37)25-10-6-9-24(31)19-25)34-13-15-35(16-14-34)41(38,39)28-11-4-5-12-32-28/h2-12,19-21,27H,13-18H2,1H3. The highest BCUT2D eigenvalue weighted by Crippen LogP contribution is 2.33. The molecule has 0 spiro atoms. The number of sulfonamides is 1. The van der Waals surface area contributed by atoms with Crippen LogP contribution in [0.1, 0.15) is 18.1 Å². The predicted molar refractivity (Wildman–Crippen MR) is 157 cm³/mol. The highest BCUT2D eigenvalue weighted by atomic mass is 35.5. The molecule has 1 aliphatic carbocycles. The summed E-state index contributed by atoms with van der Waals surface area (Å²) in [5.74, 6) is 0.391. The van der Waals surface area contributed by atoms with E-state index >= 15 is 0 Å². The summed E-state index contributed by atoms with van der Waals surface area (Å²) in [6.45, 7) is 3.35. The molecule has 2 unspecified atom stereocenters. The second-order valence-electron chi connectivity index (χ2n) is 10.4. The lowest BCUT2D eigenvalue weighted by Crippen LogP contribution is -2.49. The maximum Gasteiger partial charge on any atom is 0.316 e. The summed E-state index contributed by atoms with van der Waals surface area (Å²) in [6.07, 6.45) is 4.43. The lowest BCUT2D eigenvalue weighted by atomic mass is 9.83. The Bertz CT molecular complexity index is 1720. The van der Waals surface area contributed by atoms with E-state index in [1.165, 1.54) is 32.4 Å². The zero-order chi connectivity index (χ0) is 28.6. The minimum atomic E-state index is -3.72. The zero-order valence-corrected chi connectivity index (χ0v) is 24.1. The number of piperazine rings is 1. The van der Waals surface area contributed by atoms with Crippen molar-refractivity contribution in [2.45, 2.75) is 30.9 Å². The molecule has 0 N–H and O–H groups in total. The number of aromatic nitrogens is 3. The van der Waals surface area contributed by atoms with E-state index in [9.17, 15) is 13.2 Å². The van der Waals surface area contributed by atoms with Gasteiger partial charge in [-0.05, 0) is 53.8 Å². The van der Waals surface area contributed by atoms with E-state index in [-0.39, 0.29) is 41.4 Å². The van der Waals surface area contributed by atoms with Crippen molar-refractivity contribution in [2.24, 2.45) is 5.92 Å². The number of hydrogen-bond acceptors (Lipinski definition) is 7. The van der Waals surface area contributed by atoms with Crippen LogP contribution in [0.3, 0.4) is 0 Å². The van der Waals surface area contributed by atoms with Gasteiger partial charge in [0, 0.05) is 43.8 Å². The fourth-order valence-corrected chi connectivity index (χ4v) is 7.06. The Morgan fingerprint density at radius 3 is 2.37 bits per heavy atom. The Labute approximate surface area is 244 Å². The van der Waals surface area contributed by atoms with Crippen molar-refractivity contribution in [3.05, 3.63) is 106 Å². The molecule has 2 atom stereocenters. The number of ether oxygens (including phenoxy) is 1. The van der Waals surface area contributed by atoms with Gasteiger partial charge in [0.2, 0.25) is 5.75 Å². The van der Waals surface area contributed by atoms with Gasteiger partial charge in [-0.25, -0.2) is 13.4 Å². The smallest absolute Gasteiger partial charge is 0.316 e. The van der Waals surface area contributed by atoms with Gasteiger partial charge in [-0.15, -0.1) is 0 Å². The normalized spacial score (nSPS) is 19.5. The third kappa shape index (κ3) is 5.47. The Kier molecular flexibility index (Phi) is 7.54. The molecule has 41 heavy (non-hydrogen) atoms. The van der Waals surface area contributed by atoms with Crippen LogP contribution < -0.4 is 15.2 Å². The van der Waals surface area contributed by atoms with E-state index in [0.29, 0.717) is 35.9 Å². The summed E-state index contributed by atoms with van der Waals surface area (Å²) in [5.41, 5.74) is 3.21. The Morgan fingerprint density at radius 2 is 1.66 bits per heavy atom. The van der Waals surface area contributed by atoms with Crippen molar-refractivity contribution in [2.75, 3.05) is 31.1 Å². The van der Waals surface area contributed by atoms with Crippen LogP contribution in [-0.4, -0.2) is 59.8 Å². The lowest BCUT2D eigenvalue weighted by Gasteiger charge is -2.37. The van der Waals surface area contributed by atoms with Gasteiger partial charge in [-0.3, -0.25) is 4.79 Å². The quantitative estimate of drug-likeness (QED) is 0.335. The van der Waals surface area contributed by atoms with Crippen molar-refractivity contribution in [1.29, 1.82) is 0 Å². The first-order valence-electron chi connectivity index (χ1n) is 13.6. The lowest BCUT2D eigenvalue weighted by molar-refractivity contribution is 0.131. The summed E-state index contributed by atoms with van der Waals surface area (Å²) >= 11 is 6.22. The molecule has 0 radical (unpaired) electrons. The van der Waals surface area contributed by atoms with E-state index in [2.05, 4.69) is 29.1 Å². The number of pyridine rings is 1. The number of fused-ring (bicyclic) bond motifs is 1. The molecule has 0 bridgehead atoms. The monoisotopic (exact) mass is 591 g/mol. The summed E-state index contributed by atoms with van der Waals surface area (Å²) in [6, 6.07) is 20.1. The first-order valence-corrected chi connectivity index (χ1v) is 15.4. The molecule has 212 valence electrons. The number of anilines is 1. The number of halogens is 1. The van der Waals surface area contributed by atoms with Crippen molar-refractivity contribution in [1.82, 2.24) is 19.1 Å². The molecular formula is C30H30ClN5O4S. The zero-order valence-electron chi connectivity index (χ0n) is 22.6. The van der Waals surface area contributed by atoms with Crippen molar-refractivity contribution in [3.8, 4) is 11.4 Å². The molecule has 11 heteroatoms. The third-order valence-electron chi connectivity index (χ3n) is 7.77. The maximum atomic E-state index is 14.0. The molecule has 9 nitrogen and oxygen atoms in total. The Balaban J connectivity index is 1.32. The molecule has 6 rings (SSSR count). The van der Waals surface area contributed by atoms with Gasteiger partial charge < -0.3 is 9.64 Å². The SMILES string of the molecule is CC1Cc2ccccc2CC1Oc1c(N2CCN(S(=O)(=O)c3ccccn3)CC2)cnn(-c2cccc(Cl)c2)c1=O. The van der Waals surface area contributed by atoms with E-state index in [4.69, 9.17) is 16.3 Å². The van der Waals surface area contributed by atoms with E-state index < -0.39 is 10.0 Å². The predicted octanol–water partition coefficient (Wildman–Crippen LogP) is 3.97. The first-order chi connectivity index (χ1) is 19.8. The first kappa shape index (κ1) is 27.4. The van der Waals surface area contributed by atoms with Gasteiger partial charge in [-0.1, -0.05) is 54.9 Å². The molecule has 4 aromatic rings. The average molecular weight is 592 g/mol. The van der Waals surface area contributed by atoms with E-state index in [0.717, 1.165) is 6.42 Å². The fraction of sp³-hybridized carbons (Fsp3) is 0.300. The van der Waals surface area contributed by atoms with Gasteiger partial charge in [0.05, 0.1) is 11.9 Å². The van der Waals surface area contributed by atoms with Crippen molar-refractivity contribution in [3.63, 3.8) is 0 Å². The number of nitrogens with zero attached hydrogens (tertiary/aromatic N) is 5. The van der Waals surface area contributed by atoms with Gasteiger partial charge in [0.15, 0.2) is 5.03 Å². The summed E-state index contributed by atoms with van der Waals surface area (Å²) in [5, 5.41) is 4.99. The van der Waals surface area contributed by atoms with Crippen molar-refractivity contribution >= 4 is 27.3 Å². The molecule has 1 fully saturated rings. The molecule has 0 amide bonds. The van der Waals surface area contributed by atoms with Crippen LogP contribution >= 0.6 is 11.6 Å². The molecule has 2 aromatic carbocycles. The molecule has 1 aliphatic heterocycles. The highest BCUT2D eigenvalue weighted by Gasteiger charge is 2.33. The van der Waals surface area contributed by atoms with E-state index in [1.807, 2.05) is 17.0 Å². The minimum Gasteiger partial charge on any atom is -0.482 e. The van der Waals surface area contributed by atoms with Crippen LogP contribution in [0, 0.1) is 5.92 Å². The fourth-order valence-electron chi connectivity index (χ4n) is 5.52. The minimum absolute atomic E-state index is 0.0230. The number of benzene rings is 2. The summed E-state index contributed by atoms with van der Waals surface area (Å²) in [4.78, 5) is 20.0. The molecule has 0 saturated carbocycles. The molecule has 2 aliphatic rings. The second-order valence-corrected chi connectivity index (χ2v) is 12.7. The van der Waals surface area contributed by atoms with Gasteiger partial charge in [0.25, 0.3) is 10.0 Å². The van der Waals surface area contributed by atoms with Crippen LogP contribution in [0.5, 0.6) is 5.75 Å². The largest absolute Gasteiger partial charge is 0.482 e. The number of hydrogen-bond donors (Lipinski definition) is 0. The second kappa shape index (κ2) is 11.3. The van der Waals surface area contributed by atoms with Crippen LogP contribution in [-0.2, 0) is 22.9 Å². The Morgan fingerprint density at radius 1 is 0.927 bits per heavy atom. The summed E-state index contributed by atoms with van der Waals surface area (Å²) in [7, 11) is -3.72. The van der Waals surface area contributed by atoms with Crippen LogP contribution in [0.25, 0.3) is 5.69 Å². The average Bonchev–Trinajstić information content (AvgIpc) is 2.99. The summed E-state index contributed by atoms with van der Waals surface area (Å²) < 4.78 is 35.6. The van der Waals surface area contributed by atoms with Crippen LogP contribution in [0.4, 0.5) is 5.69 Å². The topological polar surface area (TPSA) is 97.6 Å². The maximum absolute atomic E-state index is 14.0. The highest BCUT2D eigenvalue weighted by molar-refractivity contribution is 7.89. The molecule has 2 aromatic heterocycles. The van der Waals surface area contributed by atoms with Crippen molar-refractivity contribution < 1.29 is 13.2 Å². The van der Waals surface area contributed by atoms with Gasteiger partial charge in [-0.2, -0.15) is 14.1 Å². The van der Waals surface area contributed by atoms with Gasteiger partial charge >= 0.3 is 5.56 Å². The Hall–Kier alpha value is -3.73. The third-order valence-corrected chi connectivity index (χ3v) is 9.82. The van der Waals surface area contributed by atoms with Crippen LogP contribution in [0.2, 0.25) is 5.02 Å². The van der Waals surface area contributed by atoms with Gasteiger partial charge in [0.1, 0.15) is 11.8 Å².